The first-order valence-corrected chi connectivity index (χ1v) is 10.9. The Morgan fingerprint density at radius 3 is 1.77 bits per heavy atom. The van der Waals surface area contributed by atoms with Crippen molar-refractivity contribution in [3.63, 3.8) is 0 Å². The van der Waals surface area contributed by atoms with Crippen molar-refractivity contribution in [2.75, 3.05) is 22.6 Å². The molecule has 0 aromatic heterocycles. The Labute approximate surface area is 182 Å². The number of benzene rings is 4. The third-order valence-corrected chi connectivity index (χ3v) is 5.67. The van der Waals surface area contributed by atoms with Crippen LogP contribution in [0.2, 0.25) is 0 Å². The summed E-state index contributed by atoms with van der Waals surface area (Å²) in [6.07, 6.45) is 0. The molecule has 0 aliphatic heterocycles. The van der Waals surface area contributed by atoms with Gasteiger partial charge in [-0.05, 0) is 54.1 Å². The van der Waals surface area contributed by atoms with E-state index < -0.39 is 0 Å². The molecular formula is C26H25N3S. The molecule has 0 aliphatic carbocycles. The van der Waals surface area contributed by atoms with E-state index in [1.165, 1.54) is 15.4 Å². The Morgan fingerprint density at radius 2 is 1.07 bits per heavy atom. The van der Waals surface area contributed by atoms with Crippen molar-refractivity contribution in [2.45, 2.75) is 16.3 Å². The molecular weight excluding hydrogens is 386 g/mol. The molecule has 30 heavy (non-hydrogen) atoms. The average molecular weight is 412 g/mol. The molecule has 0 atom stereocenters. The highest BCUT2D eigenvalue weighted by Gasteiger charge is 2.02. The molecule has 4 aromatic rings. The van der Waals surface area contributed by atoms with Gasteiger partial charge in [0.2, 0.25) is 0 Å². The zero-order valence-corrected chi connectivity index (χ0v) is 17.5. The smallest absolute Gasteiger partial charge is 0.0850 e. The number of para-hydroxylation sites is 3. The topological polar surface area (TPSA) is 36.1 Å². The van der Waals surface area contributed by atoms with Crippen LogP contribution in [0.4, 0.5) is 17.1 Å². The highest BCUT2D eigenvalue weighted by atomic mass is 32.2. The fraction of sp³-hybridized carbons (Fsp3) is 0.0769. The van der Waals surface area contributed by atoms with Crippen LogP contribution in [0, 0.1) is 0 Å². The summed E-state index contributed by atoms with van der Waals surface area (Å²) in [5.41, 5.74) is 4.53. The van der Waals surface area contributed by atoms with Gasteiger partial charge >= 0.3 is 0 Å². The number of hydrogen-bond donors (Lipinski definition) is 3. The number of hydrogen-bond acceptors (Lipinski definition) is 4. The van der Waals surface area contributed by atoms with Crippen molar-refractivity contribution in [3.8, 4) is 0 Å². The molecule has 0 unspecified atom stereocenters. The number of nitrogens with one attached hydrogen (secondary N) is 3. The Morgan fingerprint density at radius 1 is 0.500 bits per heavy atom. The lowest BCUT2D eigenvalue weighted by Crippen LogP contribution is -2.13. The summed E-state index contributed by atoms with van der Waals surface area (Å²) in [6.45, 7) is 1.44. The summed E-state index contributed by atoms with van der Waals surface area (Å²) in [6, 6.07) is 37.7. The van der Waals surface area contributed by atoms with Gasteiger partial charge in [0, 0.05) is 22.0 Å². The van der Waals surface area contributed by atoms with E-state index in [1.807, 2.05) is 30.3 Å². The predicted octanol–water partition coefficient (Wildman–Crippen LogP) is 6.93. The summed E-state index contributed by atoms with van der Waals surface area (Å²) in [4.78, 5) is 2.51. The standard InChI is InChI=1S/C26H25N3S/c1-3-9-22(10-4-1)28-20-29-26-14-8-7-13-25(26)27-19-21-15-17-24(18-16-21)30-23-11-5-2-6-12-23/h1-18,27-29H,19-20H2. The van der Waals surface area contributed by atoms with Gasteiger partial charge in [0.25, 0.3) is 0 Å². The second-order valence-electron chi connectivity index (χ2n) is 6.85. The van der Waals surface area contributed by atoms with E-state index in [0.717, 1.165) is 23.6 Å². The first-order chi connectivity index (χ1) is 14.9. The lowest BCUT2D eigenvalue weighted by Gasteiger charge is -2.15. The predicted molar refractivity (Wildman–Crippen MR) is 129 cm³/mol. The summed E-state index contributed by atoms with van der Waals surface area (Å²) in [5, 5.41) is 10.4. The van der Waals surface area contributed by atoms with Gasteiger partial charge in [0.15, 0.2) is 0 Å². The third kappa shape index (κ3) is 5.82. The van der Waals surface area contributed by atoms with Gasteiger partial charge in [0.05, 0.1) is 18.0 Å². The molecule has 0 radical (unpaired) electrons. The molecule has 3 nitrogen and oxygen atoms in total. The van der Waals surface area contributed by atoms with Crippen LogP contribution in [0.3, 0.4) is 0 Å². The molecule has 150 valence electrons. The maximum atomic E-state index is 3.55. The molecule has 4 rings (SSSR count). The van der Waals surface area contributed by atoms with Gasteiger partial charge in [-0.25, -0.2) is 0 Å². The average Bonchev–Trinajstić information content (AvgIpc) is 2.81. The van der Waals surface area contributed by atoms with Gasteiger partial charge in [0.1, 0.15) is 0 Å². The molecule has 0 heterocycles. The first kappa shape index (κ1) is 19.9. The lowest BCUT2D eigenvalue weighted by molar-refractivity contribution is 1.13. The van der Waals surface area contributed by atoms with Gasteiger partial charge in [-0.15, -0.1) is 0 Å². The van der Waals surface area contributed by atoms with Crippen molar-refractivity contribution in [2.24, 2.45) is 0 Å². The zero-order chi connectivity index (χ0) is 20.4. The molecule has 4 heteroatoms. The quantitative estimate of drug-likeness (QED) is 0.261. The Balaban J connectivity index is 1.31. The maximum absolute atomic E-state index is 3.55. The van der Waals surface area contributed by atoms with Gasteiger partial charge < -0.3 is 16.0 Å². The van der Waals surface area contributed by atoms with E-state index in [2.05, 4.69) is 94.8 Å². The van der Waals surface area contributed by atoms with Crippen molar-refractivity contribution in [3.05, 3.63) is 115 Å². The molecule has 3 N–H and O–H groups in total. The van der Waals surface area contributed by atoms with E-state index in [1.54, 1.807) is 11.8 Å². The normalized spacial score (nSPS) is 10.4. The van der Waals surface area contributed by atoms with Crippen LogP contribution >= 0.6 is 11.8 Å². The first-order valence-electron chi connectivity index (χ1n) is 10.0. The van der Waals surface area contributed by atoms with Crippen molar-refractivity contribution in [1.29, 1.82) is 0 Å². The van der Waals surface area contributed by atoms with Crippen LogP contribution in [0.1, 0.15) is 5.56 Å². The van der Waals surface area contributed by atoms with Crippen LogP contribution in [-0.2, 0) is 6.54 Å². The Kier molecular flexibility index (Phi) is 6.92. The van der Waals surface area contributed by atoms with Crippen LogP contribution in [0.15, 0.2) is 119 Å². The summed E-state index contributed by atoms with van der Waals surface area (Å²) in [5.74, 6) is 0. The number of anilines is 3. The minimum Gasteiger partial charge on any atom is -0.379 e. The minimum absolute atomic E-state index is 0.661. The summed E-state index contributed by atoms with van der Waals surface area (Å²) < 4.78 is 0. The maximum Gasteiger partial charge on any atom is 0.0850 e. The van der Waals surface area contributed by atoms with E-state index in [0.29, 0.717) is 6.67 Å². The highest BCUT2D eigenvalue weighted by molar-refractivity contribution is 7.99. The van der Waals surface area contributed by atoms with Crippen molar-refractivity contribution in [1.82, 2.24) is 0 Å². The van der Waals surface area contributed by atoms with Gasteiger partial charge in [-0.1, -0.05) is 72.4 Å². The van der Waals surface area contributed by atoms with Gasteiger partial charge in [-0.2, -0.15) is 0 Å². The largest absolute Gasteiger partial charge is 0.379 e. The summed E-state index contributed by atoms with van der Waals surface area (Å²) in [7, 11) is 0. The summed E-state index contributed by atoms with van der Waals surface area (Å²) >= 11 is 1.78. The van der Waals surface area contributed by atoms with Gasteiger partial charge in [-0.3, -0.25) is 0 Å². The fourth-order valence-electron chi connectivity index (χ4n) is 3.09. The van der Waals surface area contributed by atoms with Crippen LogP contribution in [0.5, 0.6) is 0 Å². The molecule has 0 amide bonds. The molecule has 0 aliphatic rings. The third-order valence-electron chi connectivity index (χ3n) is 4.66. The fourth-order valence-corrected chi connectivity index (χ4v) is 3.92. The van der Waals surface area contributed by atoms with Crippen molar-refractivity contribution >= 4 is 28.8 Å². The molecule has 0 fully saturated rings. The molecule has 0 spiro atoms. The number of rotatable bonds is 9. The molecule has 0 saturated carbocycles. The molecule has 0 saturated heterocycles. The monoisotopic (exact) mass is 411 g/mol. The Hall–Kier alpha value is -3.37. The van der Waals surface area contributed by atoms with E-state index in [9.17, 15) is 0 Å². The second kappa shape index (κ2) is 10.4. The lowest BCUT2D eigenvalue weighted by atomic mass is 10.2. The van der Waals surface area contributed by atoms with E-state index >= 15 is 0 Å². The molecule has 0 bridgehead atoms. The van der Waals surface area contributed by atoms with Crippen LogP contribution < -0.4 is 16.0 Å². The Bertz CT molecular complexity index is 1030. The van der Waals surface area contributed by atoms with Crippen LogP contribution in [-0.4, -0.2) is 6.67 Å². The highest BCUT2D eigenvalue weighted by Crippen LogP contribution is 2.28. The van der Waals surface area contributed by atoms with E-state index in [4.69, 9.17) is 0 Å². The second-order valence-corrected chi connectivity index (χ2v) is 8.00. The van der Waals surface area contributed by atoms with Crippen molar-refractivity contribution < 1.29 is 0 Å². The van der Waals surface area contributed by atoms with Crippen LogP contribution in [0.25, 0.3) is 0 Å². The minimum atomic E-state index is 0.661. The van der Waals surface area contributed by atoms with E-state index in [-0.39, 0.29) is 0 Å². The molecule has 4 aromatic carbocycles. The SMILES string of the molecule is c1ccc(NCNc2ccccc2NCc2ccc(Sc3ccccc3)cc2)cc1. The zero-order valence-electron chi connectivity index (χ0n) is 16.7.